The minimum Gasteiger partial charge on any atom is -0.366 e. The van der Waals surface area contributed by atoms with E-state index in [0.717, 1.165) is 0 Å². The van der Waals surface area contributed by atoms with Gasteiger partial charge in [0.1, 0.15) is 11.6 Å². The van der Waals surface area contributed by atoms with E-state index in [4.69, 9.17) is 0 Å². The molecule has 0 spiro atoms. The Labute approximate surface area is 184 Å². The molecule has 10 heteroatoms. The number of amides is 2. The van der Waals surface area contributed by atoms with Crippen LogP contribution in [0.15, 0.2) is 41.2 Å². The number of hydrogen-bond acceptors (Lipinski definition) is 5. The van der Waals surface area contributed by atoms with Crippen molar-refractivity contribution < 1.29 is 14.0 Å². The van der Waals surface area contributed by atoms with E-state index >= 15 is 0 Å². The van der Waals surface area contributed by atoms with Gasteiger partial charge in [0.2, 0.25) is 11.8 Å². The summed E-state index contributed by atoms with van der Waals surface area (Å²) in [6.45, 7) is 2.04. The molecule has 1 N–H and O–H groups in total. The van der Waals surface area contributed by atoms with Crippen molar-refractivity contribution in [1.82, 2.24) is 19.0 Å². The standard InChI is InChI=1S/C22H25FN6O3/c1-26-17-7-8-18(25-21(17)27(2)22(26)32)24-19(30)9-10-20(31)29-13-11-28(12-14-29)16-6-4-3-5-15(16)23/h3-8H,9-14H2,1-2H3,(H,24,25,30). The molecule has 3 heterocycles. The van der Waals surface area contributed by atoms with E-state index in [1.807, 2.05) is 4.90 Å². The normalized spacial score (nSPS) is 14.1. The van der Waals surface area contributed by atoms with Gasteiger partial charge in [0.05, 0.1) is 11.2 Å². The molecule has 0 atom stereocenters. The summed E-state index contributed by atoms with van der Waals surface area (Å²) in [4.78, 5) is 44.8. The van der Waals surface area contributed by atoms with Gasteiger partial charge in [0.25, 0.3) is 0 Å². The van der Waals surface area contributed by atoms with Gasteiger partial charge in [0, 0.05) is 53.1 Å². The molecule has 1 fully saturated rings. The lowest BCUT2D eigenvalue weighted by molar-refractivity contribution is -0.133. The SMILES string of the molecule is Cn1c(=O)n(C)c2nc(NC(=O)CCC(=O)N3CCN(c4ccccc4F)CC3)ccc21. The van der Waals surface area contributed by atoms with Gasteiger partial charge in [-0.2, -0.15) is 0 Å². The van der Waals surface area contributed by atoms with E-state index in [-0.39, 0.29) is 36.2 Å². The van der Waals surface area contributed by atoms with Crippen molar-refractivity contribution in [2.45, 2.75) is 12.8 Å². The summed E-state index contributed by atoms with van der Waals surface area (Å²) in [5, 5.41) is 2.69. The summed E-state index contributed by atoms with van der Waals surface area (Å²) < 4.78 is 16.9. The van der Waals surface area contributed by atoms with Crippen LogP contribution in [0.3, 0.4) is 0 Å². The maximum Gasteiger partial charge on any atom is 0.329 e. The van der Waals surface area contributed by atoms with Crippen LogP contribution in [0, 0.1) is 5.82 Å². The monoisotopic (exact) mass is 440 g/mol. The van der Waals surface area contributed by atoms with Crippen LogP contribution >= 0.6 is 0 Å². The lowest BCUT2D eigenvalue weighted by Crippen LogP contribution is -2.49. The average Bonchev–Trinajstić information content (AvgIpc) is 3.01. The summed E-state index contributed by atoms with van der Waals surface area (Å²) in [6, 6.07) is 9.95. The number of anilines is 2. The fourth-order valence-electron chi connectivity index (χ4n) is 3.93. The van der Waals surface area contributed by atoms with Gasteiger partial charge in [-0.1, -0.05) is 12.1 Å². The van der Waals surface area contributed by atoms with Crippen LogP contribution in [0.5, 0.6) is 0 Å². The van der Waals surface area contributed by atoms with Gasteiger partial charge in [-0.05, 0) is 24.3 Å². The number of carbonyl (C=O) groups is 2. The van der Waals surface area contributed by atoms with Crippen molar-refractivity contribution in [3.63, 3.8) is 0 Å². The molecular formula is C22H25FN6O3. The fraction of sp³-hybridized carbons (Fsp3) is 0.364. The van der Waals surface area contributed by atoms with E-state index in [0.29, 0.717) is 48.8 Å². The molecule has 1 aliphatic rings. The number of hydrogen-bond donors (Lipinski definition) is 1. The first kappa shape index (κ1) is 21.5. The molecule has 9 nitrogen and oxygen atoms in total. The fourth-order valence-corrected chi connectivity index (χ4v) is 3.93. The highest BCUT2D eigenvalue weighted by Crippen LogP contribution is 2.20. The number of nitrogens with one attached hydrogen (secondary N) is 1. The van der Waals surface area contributed by atoms with E-state index in [1.54, 1.807) is 49.3 Å². The summed E-state index contributed by atoms with van der Waals surface area (Å²) in [7, 11) is 3.28. The minimum atomic E-state index is -0.323. The first-order valence-corrected chi connectivity index (χ1v) is 10.4. The molecule has 2 amide bonds. The van der Waals surface area contributed by atoms with Crippen LogP contribution in [-0.4, -0.2) is 57.0 Å². The van der Waals surface area contributed by atoms with E-state index in [2.05, 4.69) is 10.3 Å². The number of nitrogens with zero attached hydrogens (tertiary/aromatic N) is 5. The van der Waals surface area contributed by atoms with E-state index < -0.39 is 0 Å². The quantitative estimate of drug-likeness (QED) is 0.649. The Morgan fingerprint density at radius 1 is 1.00 bits per heavy atom. The zero-order chi connectivity index (χ0) is 22.8. The molecule has 1 aromatic carbocycles. The molecule has 2 aromatic heterocycles. The molecule has 0 bridgehead atoms. The number of halogens is 1. The number of piperazine rings is 1. The number of aromatic nitrogens is 3. The van der Waals surface area contributed by atoms with Gasteiger partial charge < -0.3 is 15.1 Å². The van der Waals surface area contributed by atoms with Crippen molar-refractivity contribution in [3.8, 4) is 0 Å². The lowest BCUT2D eigenvalue weighted by atomic mass is 10.2. The number of aryl methyl sites for hydroxylation is 2. The second kappa shape index (κ2) is 8.81. The number of imidazole rings is 1. The van der Waals surface area contributed by atoms with Gasteiger partial charge >= 0.3 is 5.69 Å². The highest BCUT2D eigenvalue weighted by molar-refractivity contribution is 5.93. The van der Waals surface area contributed by atoms with Gasteiger partial charge in [-0.25, -0.2) is 14.2 Å². The number of pyridine rings is 1. The Morgan fingerprint density at radius 3 is 2.44 bits per heavy atom. The first-order chi connectivity index (χ1) is 15.3. The highest BCUT2D eigenvalue weighted by atomic mass is 19.1. The summed E-state index contributed by atoms with van der Waals surface area (Å²) >= 11 is 0. The zero-order valence-corrected chi connectivity index (χ0v) is 18.0. The molecule has 32 heavy (non-hydrogen) atoms. The van der Waals surface area contributed by atoms with Gasteiger partial charge in [-0.3, -0.25) is 18.7 Å². The van der Waals surface area contributed by atoms with Crippen molar-refractivity contribution in [2.24, 2.45) is 14.1 Å². The molecule has 1 aliphatic heterocycles. The van der Waals surface area contributed by atoms with Crippen LogP contribution in [0.2, 0.25) is 0 Å². The van der Waals surface area contributed by atoms with Gasteiger partial charge in [0.15, 0.2) is 5.65 Å². The van der Waals surface area contributed by atoms with Crippen LogP contribution in [-0.2, 0) is 23.7 Å². The van der Waals surface area contributed by atoms with E-state index in [1.165, 1.54) is 15.2 Å². The molecule has 0 saturated carbocycles. The summed E-state index contributed by atoms with van der Waals surface area (Å²) in [5.74, 6) is -0.376. The maximum atomic E-state index is 14.0. The van der Waals surface area contributed by atoms with Crippen molar-refractivity contribution in [2.75, 3.05) is 36.4 Å². The molecule has 3 aromatic rings. The topological polar surface area (TPSA) is 92.5 Å². The second-order valence-electron chi connectivity index (χ2n) is 7.81. The lowest BCUT2D eigenvalue weighted by Gasteiger charge is -2.36. The van der Waals surface area contributed by atoms with Crippen LogP contribution in [0.25, 0.3) is 11.2 Å². The molecule has 1 saturated heterocycles. The van der Waals surface area contributed by atoms with E-state index in [9.17, 15) is 18.8 Å². The third kappa shape index (κ3) is 4.20. The Hall–Kier alpha value is -3.69. The molecular weight excluding hydrogens is 415 g/mol. The second-order valence-corrected chi connectivity index (χ2v) is 7.81. The highest BCUT2D eigenvalue weighted by Gasteiger charge is 2.23. The zero-order valence-electron chi connectivity index (χ0n) is 18.0. The average molecular weight is 440 g/mol. The minimum absolute atomic E-state index is 0.0276. The predicted molar refractivity (Wildman–Crippen MR) is 119 cm³/mol. The van der Waals surface area contributed by atoms with Crippen LogP contribution in [0.1, 0.15) is 12.8 Å². The largest absolute Gasteiger partial charge is 0.366 e. The molecule has 168 valence electrons. The number of para-hydroxylation sites is 1. The van der Waals surface area contributed by atoms with Crippen molar-refractivity contribution >= 4 is 34.5 Å². The first-order valence-electron chi connectivity index (χ1n) is 10.4. The number of benzene rings is 1. The van der Waals surface area contributed by atoms with Gasteiger partial charge in [-0.15, -0.1) is 0 Å². The van der Waals surface area contributed by atoms with Crippen LogP contribution < -0.4 is 15.9 Å². The Balaban J connectivity index is 1.29. The van der Waals surface area contributed by atoms with Crippen molar-refractivity contribution in [1.29, 1.82) is 0 Å². The number of rotatable bonds is 5. The Kier molecular flexibility index (Phi) is 5.93. The molecule has 0 aliphatic carbocycles. The molecule has 4 rings (SSSR count). The third-order valence-electron chi connectivity index (χ3n) is 5.77. The van der Waals surface area contributed by atoms with Crippen LogP contribution in [0.4, 0.5) is 15.9 Å². The summed E-state index contributed by atoms with van der Waals surface area (Å²) in [5.41, 5.74) is 1.48. The number of fused-ring (bicyclic) bond motifs is 1. The molecule has 0 radical (unpaired) electrons. The predicted octanol–water partition coefficient (Wildman–Crippen LogP) is 1.48. The Morgan fingerprint density at radius 2 is 1.72 bits per heavy atom. The number of carbonyl (C=O) groups excluding carboxylic acids is 2. The third-order valence-corrected chi connectivity index (χ3v) is 5.77. The summed E-state index contributed by atoms with van der Waals surface area (Å²) in [6.07, 6.45) is 0.109. The molecule has 0 unspecified atom stereocenters. The Bertz CT molecular complexity index is 1230. The maximum absolute atomic E-state index is 14.0. The van der Waals surface area contributed by atoms with Crippen molar-refractivity contribution in [3.05, 3.63) is 52.7 Å². The smallest absolute Gasteiger partial charge is 0.329 e.